The van der Waals surface area contributed by atoms with E-state index in [0.29, 0.717) is 11.8 Å². The summed E-state index contributed by atoms with van der Waals surface area (Å²) in [7, 11) is 0. The predicted molar refractivity (Wildman–Crippen MR) is 63.6 cm³/mol. The molecule has 90 valence electrons. The van der Waals surface area contributed by atoms with Crippen LogP contribution in [0.3, 0.4) is 0 Å². The van der Waals surface area contributed by atoms with Crippen LogP contribution in [0.1, 0.15) is 18.5 Å². The molecule has 0 spiro atoms. The van der Waals surface area contributed by atoms with Crippen molar-refractivity contribution in [2.45, 2.75) is 31.9 Å². The standard InChI is InChI=1S/C13H17N3O/c1-7-2-3-14-13(15-7)16-6-9-4-8-5-10(9)11(16)12(8)17/h2-3,8-12,17H,4-6H2,1H3. The lowest BCUT2D eigenvalue weighted by Gasteiger charge is -2.28. The fourth-order valence-corrected chi connectivity index (χ4v) is 4.22. The number of hydrogen-bond acceptors (Lipinski definition) is 4. The molecule has 1 saturated heterocycles. The SMILES string of the molecule is Cc1ccnc(N2CC3CC4CC3C2C4O)n1. The molecular weight excluding hydrogens is 214 g/mol. The average molecular weight is 231 g/mol. The Labute approximate surface area is 101 Å². The highest BCUT2D eigenvalue weighted by Gasteiger charge is 2.59. The highest BCUT2D eigenvalue weighted by molar-refractivity contribution is 5.39. The van der Waals surface area contributed by atoms with E-state index in [1.807, 2.05) is 19.2 Å². The molecule has 5 unspecified atom stereocenters. The van der Waals surface area contributed by atoms with Gasteiger partial charge in [0.2, 0.25) is 5.95 Å². The average Bonchev–Trinajstić information content (AvgIpc) is 2.89. The minimum atomic E-state index is -0.164. The highest BCUT2D eigenvalue weighted by Crippen LogP contribution is 2.55. The summed E-state index contributed by atoms with van der Waals surface area (Å²) in [6.07, 6.45) is 4.06. The normalized spacial score (nSPS) is 42.5. The fraction of sp³-hybridized carbons (Fsp3) is 0.692. The van der Waals surface area contributed by atoms with E-state index in [0.717, 1.165) is 24.1 Å². The van der Waals surface area contributed by atoms with Gasteiger partial charge in [0.05, 0.1) is 12.1 Å². The van der Waals surface area contributed by atoms with Gasteiger partial charge in [-0.3, -0.25) is 0 Å². The second-order valence-electron chi connectivity index (χ2n) is 5.79. The summed E-state index contributed by atoms with van der Waals surface area (Å²) in [6.45, 7) is 3.02. The number of rotatable bonds is 1. The van der Waals surface area contributed by atoms with E-state index in [1.54, 1.807) is 0 Å². The van der Waals surface area contributed by atoms with Gasteiger partial charge in [-0.15, -0.1) is 0 Å². The van der Waals surface area contributed by atoms with Crippen molar-refractivity contribution in [3.05, 3.63) is 18.0 Å². The zero-order valence-electron chi connectivity index (χ0n) is 9.95. The van der Waals surface area contributed by atoms with Crippen LogP contribution in [-0.2, 0) is 0 Å². The molecule has 2 heterocycles. The fourth-order valence-electron chi connectivity index (χ4n) is 4.22. The maximum Gasteiger partial charge on any atom is 0.225 e. The van der Waals surface area contributed by atoms with Gasteiger partial charge >= 0.3 is 0 Å². The van der Waals surface area contributed by atoms with Gasteiger partial charge in [0.1, 0.15) is 0 Å². The van der Waals surface area contributed by atoms with Crippen LogP contribution < -0.4 is 4.90 Å². The van der Waals surface area contributed by atoms with Crippen LogP contribution in [0.5, 0.6) is 0 Å². The highest BCUT2D eigenvalue weighted by atomic mass is 16.3. The minimum absolute atomic E-state index is 0.164. The number of aryl methyl sites for hydroxylation is 1. The Balaban J connectivity index is 1.72. The molecule has 3 fully saturated rings. The Hall–Kier alpha value is -1.16. The minimum Gasteiger partial charge on any atom is -0.391 e. The number of nitrogens with zero attached hydrogens (tertiary/aromatic N) is 3. The zero-order chi connectivity index (χ0) is 11.6. The summed E-state index contributed by atoms with van der Waals surface area (Å²) < 4.78 is 0. The Kier molecular flexibility index (Phi) is 1.85. The van der Waals surface area contributed by atoms with Crippen LogP contribution in [0.25, 0.3) is 0 Å². The summed E-state index contributed by atoms with van der Waals surface area (Å²) >= 11 is 0. The van der Waals surface area contributed by atoms with Gasteiger partial charge in [-0.05, 0) is 43.6 Å². The second-order valence-corrected chi connectivity index (χ2v) is 5.79. The Morgan fingerprint density at radius 1 is 1.35 bits per heavy atom. The van der Waals surface area contributed by atoms with E-state index < -0.39 is 0 Å². The molecule has 5 atom stereocenters. The summed E-state index contributed by atoms with van der Waals surface area (Å²) in [5, 5.41) is 10.3. The molecule has 1 aromatic heterocycles. The summed E-state index contributed by atoms with van der Waals surface area (Å²) in [5.74, 6) is 2.78. The molecule has 4 heteroatoms. The Bertz CT molecular complexity index is 462. The van der Waals surface area contributed by atoms with Crippen molar-refractivity contribution in [1.29, 1.82) is 0 Å². The number of anilines is 1. The molecule has 2 aliphatic carbocycles. The lowest BCUT2D eigenvalue weighted by atomic mass is 9.88. The second kappa shape index (κ2) is 3.19. The first-order valence-electron chi connectivity index (χ1n) is 6.48. The first-order valence-corrected chi connectivity index (χ1v) is 6.48. The Morgan fingerprint density at radius 3 is 3.00 bits per heavy atom. The predicted octanol–water partition coefficient (Wildman–Crippen LogP) is 0.991. The van der Waals surface area contributed by atoms with Gasteiger partial charge in [0.25, 0.3) is 0 Å². The molecule has 2 bridgehead atoms. The molecular formula is C13H17N3O. The summed E-state index contributed by atoms with van der Waals surface area (Å²) in [5.41, 5.74) is 0.998. The lowest BCUT2D eigenvalue weighted by molar-refractivity contribution is 0.0964. The van der Waals surface area contributed by atoms with E-state index in [4.69, 9.17) is 0 Å². The molecule has 3 aliphatic rings. The van der Waals surface area contributed by atoms with Crippen LogP contribution in [-0.4, -0.2) is 33.8 Å². The van der Waals surface area contributed by atoms with Gasteiger partial charge in [0, 0.05) is 18.4 Å². The molecule has 1 aromatic rings. The largest absolute Gasteiger partial charge is 0.391 e. The topological polar surface area (TPSA) is 49.2 Å². The quantitative estimate of drug-likeness (QED) is 0.783. The number of aliphatic hydroxyl groups is 1. The molecule has 1 N–H and O–H groups in total. The third-order valence-corrected chi connectivity index (χ3v) is 4.89. The summed E-state index contributed by atoms with van der Waals surface area (Å²) in [6, 6.07) is 2.20. The smallest absolute Gasteiger partial charge is 0.225 e. The van der Waals surface area contributed by atoms with Crippen LogP contribution >= 0.6 is 0 Å². The molecule has 2 saturated carbocycles. The molecule has 4 rings (SSSR count). The van der Waals surface area contributed by atoms with Crippen LogP contribution in [0, 0.1) is 24.7 Å². The van der Waals surface area contributed by atoms with Gasteiger partial charge in [-0.25, -0.2) is 9.97 Å². The van der Waals surface area contributed by atoms with E-state index in [2.05, 4.69) is 14.9 Å². The number of hydrogen-bond donors (Lipinski definition) is 1. The maximum absolute atomic E-state index is 10.3. The van der Waals surface area contributed by atoms with E-state index in [-0.39, 0.29) is 12.1 Å². The van der Waals surface area contributed by atoms with E-state index in [1.165, 1.54) is 12.8 Å². The van der Waals surface area contributed by atoms with Gasteiger partial charge in [-0.2, -0.15) is 0 Å². The van der Waals surface area contributed by atoms with Crippen molar-refractivity contribution in [3.8, 4) is 0 Å². The number of fused-ring (bicyclic) bond motifs is 1. The monoisotopic (exact) mass is 231 g/mol. The molecule has 0 aromatic carbocycles. The van der Waals surface area contributed by atoms with Crippen LogP contribution in [0.2, 0.25) is 0 Å². The van der Waals surface area contributed by atoms with Crippen molar-refractivity contribution in [2.75, 3.05) is 11.4 Å². The van der Waals surface area contributed by atoms with Crippen molar-refractivity contribution >= 4 is 5.95 Å². The van der Waals surface area contributed by atoms with Crippen molar-refractivity contribution in [2.24, 2.45) is 17.8 Å². The first-order chi connectivity index (χ1) is 8.24. The maximum atomic E-state index is 10.3. The Morgan fingerprint density at radius 2 is 2.24 bits per heavy atom. The number of aliphatic hydroxyl groups excluding tert-OH is 1. The summed E-state index contributed by atoms with van der Waals surface area (Å²) in [4.78, 5) is 11.1. The van der Waals surface area contributed by atoms with Crippen molar-refractivity contribution < 1.29 is 5.11 Å². The first kappa shape index (κ1) is 9.83. The molecule has 0 radical (unpaired) electrons. The van der Waals surface area contributed by atoms with Crippen molar-refractivity contribution in [1.82, 2.24) is 9.97 Å². The van der Waals surface area contributed by atoms with E-state index >= 15 is 0 Å². The third kappa shape index (κ3) is 1.22. The van der Waals surface area contributed by atoms with Crippen molar-refractivity contribution in [3.63, 3.8) is 0 Å². The molecule has 17 heavy (non-hydrogen) atoms. The van der Waals surface area contributed by atoms with Crippen LogP contribution in [0.15, 0.2) is 12.3 Å². The van der Waals surface area contributed by atoms with Gasteiger partial charge in [-0.1, -0.05) is 0 Å². The number of aromatic nitrogens is 2. The third-order valence-electron chi connectivity index (χ3n) is 4.89. The zero-order valence-corrected chi connectivity index (χ0v) is 9.95. The van der Waals surface area contributed by atoms with Crippen LogP contribution in [0.4, 0.5) is 5.95 Å². The lowest BCUT2D eigenvalue weighted by Crippen LogP contribution is -2.41. The molecule has 1 aliphatic heterocycles. The van der Waals surface area contributed by atoms with E-state index in [9.17, 15) is 5.11 Å². The molecule has 4 nitrogen and oxygen atoms in total. The van der Waals surface area contributed by atoms with Gasteiger partial charge < -0.3 is 10.0 Å². The van der Waals surface area contributed by atoms with Gasteiger partial charge in [0.15, 0.2) is 0 Å². The molecule has 0 amide bonds.